The van der Waals surface area contributed by atoms with Gasteiger partial charge in [-0.1, -0.05) is 20.3 Å². The van der Waals surface area contributed by atoms with Crippen LogP contribution in [0, 0.1) is 5.92 Å². The molecule has 0 bridgehead atoms. The number of aromatic nitrogens is 2. The third kappa shape index (κ3) is 3.20. The molecule has 2 rings (SSSR count). The fourth-order valence-corrected chi connectivity index (χ4v) is 2.72. The molecule has 1 aromatic rings. The van der Waals surface area contributed by atoms with Gasteiger partial charge < -0.3 is 15.3 Å². The highest BCUT2D eigenvalue weighted by atomic mass is 16.3. The topological polar surface area (TPSA) is 61.3 Å². The average Bonchev–Trinajstić information content (AvgIpc) is 2.44. The molecule has 2 atom stereocenters. The molecule has 112 valence electrons. The van der Waals surface area contributed by atoms with Gasteiger partial charge in [-0.2, -0.15) is 0 Å². The van der Waals surface area contributed by atoms with E-state index < -0.39 is 0 Å². The molecule has 0 radical (unpaired) electrons. The lowest BCUT2D eigenvalue weighted by molar-refractivity contribution is 0.102. The molecule has 2 N–H and O–H groups in total. The van der Waals surface area contributed by atoms with Crippen LogP contribution >= 0.6 is 0 Å². The lowest BCUT2D eigenvalue weighted by Crippen LogP contribution is -2.43. The molecular weight excluding hydrogens is 252 g/mol. The van der Waals surface area contributed by atoms with Gasteiger partial charge in [0.25, 0.3) is 0 Å². The smallest absolute Gasteiger partial charge is 0.137 e. The predicted molar refractivity (Wildman–Crippen MR) is 82.2 cm³/mol. The van der Waals surface area contributed by atoms with Crippen molar-refractivity contribution in [3.05, 3.63) is 11.9 Å². The van der Waals surface area contributed by atoms with Gasteiger partial charge in [-0.05, 0) is 25.7 Å². The summed E-state index contributed by atoms with van der Waals surface area (Å²) in [6.45, 7) is 8.83. The van der Waals surface area contributed by atoms with Crippen LogP contribution in [-0.2, 0) is 6.42 Å². The summed E-state index contributed by atoms with van der Waals surface area (Å²) in [4.78, 5) is 11.1. The number of rotatable bonds is 5. The van der Waals surface area contributed by atoms with E-state index in [0.29, 0.717) is 12.5 Å². The first kappa shape index (κ1) is 15.0. The van der Waals surface area contributed by atoms with Crippen LogP contribution in [0.15, 0.2) is 6.33 Å². The molecule has 1 aromatic heterocycles. The van der Waals surface area contributed by atoms with E-state index >= 15 is 0 Å². The molecule has 0 saturated carbocycles. The summed E-state index contributed by atoms with van der Waals surface area (Å²) in [5.74, 6) is 2.30. The van der Waals surface area contributed by atoms with E-state index in [4.69, 9.17) is 0 Å². The van der Waals surface area contributed by atoms with E-state index in [2.05, 4.69) is 41.0 Å². The molecule has 0 aromatic carbocycles. The first-order valence-corrected chi connectivity index (χ1v) is 7.68. The summed E-state index contributed by atoms with van der Waals surface area (Å²) in [5.41, 5.74) is 1.18. The van der Waals surface area contributed by atoms with Crippen LogP contribution in [0.1, 0.15) is 39.2 Å². The van der Waals surface area contributed by atoms with Crippen LogP contribution in [-0.4, -0.2) is 40.8 Å². The van der Waals surface area contributed by atoms with Crippen molar-refractivity contribution >= 4 is 11.6 Å². The zero-order valence-corrected chi connectivity index (χ0v) is 12.8. The van der Waals surface area contributed by atoms with Crippen molar-refractivity contribution < 1.29 is 5.11 Å². The maximum atomic E-state index is 10.1. The number of anilines is 2. The van der Waals surface area contributed by atoms with Crippen molar-refractivity contribution in [1.82, 2.24) is 9.97 Å². The van der Waals surface area contributed by atoms with E-state index in [1.807, 2.05) is 0 Å². The van der Waals surface area contributed by atoms with Crippen molar-refractivity contribution in [3.8, 4) is 0 Å². The number of aliphatic hydroxyl groups excluding tert-OH is 1. The zero-order valence-electron chi connectivity index (χ0n) is 12.8. The number of hydrogen-bond donors (Lipinski definition) is 2. The highest BCUT2D eigenvalue weighted by Gasteiger charge is 2.27. The molecular formula is C15H26N4O. The van der Waals surface area contributed by atoms with Crippen LogP contribution < -0.4 is 10.2 Å². The molecule has 5 nitrogen and oxygen atoms in total. The van der Waals surface area contributed by atoms with Crippen molar-refractivity contribution in [2.75, 3.05) is 29.9 Å². The van der Waals surface area contributed by atoms with Crippen molar-refractivity contribution in [2.45, 2.75) is 46.1 Å². The molecule has 20 heavy (non-hydrogen) atoms. The van der Waals surface area contributed by atoms with Crippen LogP contribution in [0.2, 0.25) is 0 Å². The lowest BCUT2D eigenvalue weighted by Gasteiger charge is -2.36. The summed E-state index contributed by atoms with van der Waals surface area (Å²) < 4.78 is 0. The zero-order chi connectivity index (χ0) is 14.5. The standard InChI is InChI=1S/C15H26N4O/c1-4-6-12-14(16-5-2)17-10-18-15(12)19-8-7-11(3)13(20)9-19/h10-11,13,20H,4-9H2,1-3H3,(H,16,17,18). The summed E-state index contributed by atoms with van der Waals surface area (Å²) in [6.07, 6.45) is 4.38. The van der Waals surface area contributed by atoms with Gasteiger partial charge in [0.1, 0.15) is 18.0 Å². The summed E-state index contributed by atoms with van der Waals surface area (Å²) in [7, 11) is 0. The second kappa shape index (κ2) is 6.88. The van der Waals surface area contributed by atoms with Crippen LogP contribution in [0.3, 0.4) is 0 Å². The molecule has 2 heterocycles. The normalized spacial score (nSPS) is 22.9. The molecule has 0 aliphatic carbocycles. The average molecular weight is 278 g/mol. The largest absolute Gasteiger partial charge is 0.391 e. The molecule has 1 saturated heterocycles. The highest BCUT2D eigenvalue weighted by Crippen LogP contribution is 2.28. The Morgan fingerprint density at radius 2 is 2.20 bits per heavy atom. The van der Waals surface area contributed by atoms with E-state index in [1.165, 1.54) is 5.56 Å². The Morgan fingerprint density at radius 1 is 1.40 bits per heavy atom. The van der Waals surface area contributed by atoms with E-state index in [9.17, 15) is 5.11 Å². The number of aliphatic hydroxyl groups is 1. The second-order valence-electron chi connectivity index (χ2n) is 5.58. The fourth-order valence-electron chi connectivity index (χ4n) is 2.72. The van der Waals surface area contributed by atoms with Crippen LogP contribution in [0.5, 0.6) is 0 Å². The van der Waals surface area contributed by atoms with Gasteiger partial charge in [0, 0.05) is 25.2 Å². The Labute approximate surface area is 121 Å². The van der Waals surface area contributed by atoms with Crippen molar-refractivity contribution in [3.63, 3.8) is 0 Å². The van der Waals surface area contributed by atoms with Crippen molar-refractivity contribution in [1.29, 1.82) is 0 Å². The number of nitrogens with one attached hydrogen (secondary N) is 1. The number of β-amino-alcohol motifs (C(OH)–C–C–N with tert-alkyl or cyclic N) is 1. The van der Waals surface area contributed by atoms with Gasteiger partial charge in [0.2, 0.25) is 0 Å². The minimum atomic E-state index is -0.268. The summed E-state index contributed by atoms with van der Waals surface area (Å²) in [6, 6.07) is 0. The fraction of sp³-hybridized carbons (Fsp3) is 0.733. The van der Waals surface area contributed by atoms with Gasteiger partial charge >= 0.3 is 0 Å². The van der Waals surface area contributed by atoms with Crippen LogP contribution in [0.25, 0.3) is 0 Å². The number of hydrogen-bond acceptors (Lipinski definition) is 5. The maximum Gasteiger partial charge on any atom is 0.137 e. The van der Waals surface area contributed by atoms with Crippen LogP contribution in [0.4, 0.5) is 11.6 Å². The van der Waals surface area contributed by atoms with E-state index in [-0.39, 0.29) is 6.10 Å². The van der Waals surface area contributed by atoms with Gasteiger partial charge in [-0.15, -0.1) is 0 Å². The summed E-state index contributed by atoms with van der Waals surface area (Å²) >= 11 is 0. The lowest BCUT2D eigenvalue weighted by atomic mass is 9.95. The number of nitrogens with zero attached hydrogens (tertiary/aromatic N) is 3. The minimum Gasteiger partial charge on any atom is -0.391 e. The van der Waals surface area contributed by atoms with Gasteiger partial charge in [-0.25, -0.2) is 9.97 Å². The predicted octanol–water partition coefficient (Wildman–Crippen LogP) is 2.07. The minimum absolute atomic E-state index is 0.268. The Kier molecular flexibility index (Phi) is 5.17. The number of piperidine rings is 1. The summed E-state index contributed by atoms with van der Waals surface area (Å²) in [5, 5.41) is 13.4. The first-order valence-electron chi connectivity index (χ1n) is 7.68. The van der Waals surface area contributed by atoms with E-state index in [1.54, 1.807) is 6.33 Å². The van der Waals surface area contributed by atoms with E-state index in [0.717, 1.165) is 44.0 Å². The van der Waals surface area contributed by atoms with Crippen molar-refractivity contribution in [2.24, 2.45) is 5.92 Å². The third-order valence-electron chi connectivity index (χ3n) is 3.99. The Hall–Kier alpha value is -1.36. The molecule has 1 aliphatic heterocycles. The van der Waals surface area contributed by atoms with Gasteiger partial charge in [-0.3, -0.25) is 0 Å². The monoisotopic (exact) mass is 278 g/mol. The maximum absolute atomic E-state index is 10.1. The quantitative estimate of drug-likeness (QED) is 0.863. The molecule has 2 unspecified atom stereocenters. The molecule has 0 spiro atoms. The Bertz CT molecular complexity index is 438. The molecule has 0 amide bonds. The Morgan fingerprint density at radius 3 is 2.85 bits per heavy atom. The SMILES string of the molecule is CCCc1c(NCC)ncnc1N1CCC(C)C(O)C1. The molecule has 1 fully saturated rings. The Balaban J connectivity index is 2.28. The van der Waals surface area contributed by atoms with Gasteiger partial charge in [0.15, 0.2) is 0 Å². The van der Waals surface area contributed by atoms with Gasteiger partial charge in [0.05, 0.1) is 6.10 Å². The second-order valence-corrected chi connectivity index (χ2v) is 5.58. The first-order chi connectivity index (χ1) is 9.67. The molecule has 1 aliphatic rings. The molecule has 5 heteroatoms. The highest BCUT2D eigenvalue weighted by molar-refractivity contribution is 5.59. The third-order valence-corrected chi connectivity index (χ3v) is 3.99.